The Bertz CT molecular complexity index is 291. The summed E-state index contributed by atoms with van der Waals surface area (Å²) < 4.78 is 4.96. The maximum Gasteiger partial charge on any atom is 0.431 e. The van der Waals surface area contributed by atoms with Crippen molar-refractivity contribution in [3.63, 3.8) is 0 Å². The van der Waals surface area contributed by atoms with Crippen molar-refractivity contribution in [2.45, 2.75) is 53.1 Å². The quantitative estimate of drug-likeness (QED) is 0.717. The van der Waals surface area contributed by atoms with Crippen molar-refractivity contribution in [1.82, 2.24) is 5.48 Å². The molecule has 1 amide bonds. The summed E-state index contributed by atoms with van der Waals surface area (Å²) in [5.74, 6) is -0.932. The fourth-order valence-electron chi connectivity index (χ4n) is 1.35. The Morgan fingerprint density at radius 1 is 1.17 bits per heavy atom. The van der Waals surface area contributed by atoms with Gasteiger partial charge in [-0.05, 0) is 33.6 Å². The molecule has 0 aromatic heterocycles. The van der Waals surface area contributed by atoms with E-state index in [0.29, 0.717) is 12.8 Å². The van der Waals surface area contributed by atoms with Crippen LogP contribution < -0.4 is 5.48 Å². The van der Waals surface area contributed by atoms with Gasteiger partial charge in [-0.2, -0.15) is 5.48 Å². The van der Waals surface area contributed by atoms with Crippen LogP contribution in [0.25, 0.3) is 0 Å². The van der Waals surface area contributed by atoms with Crippen LogP contribution in [-0.2, 0) is 14.4 Å². The first-order chi connectivity index (χ1) is 8.17. The molecule has 106 valence electrons. The summed E-state index contributed by atoms with van der Waals surface area (Å²) in [6, 6.07) is 0. The molecule has 0 bridgehead atoms. The van der Waals surface area contributed by atoms with Gasteiger partial charge in [0.15, 0.2) is 0 Å². The van der Waals surface area contributed by atoms with Crippen molar-refractivity contribution in [2.75, 3.05) is 6.61 Å². The lowest BCUT2D eigenvalue weighted by Gasteiger charge is -2.26. The smallest absolute Gasteiger partial charge is 0.431 e. The highest BCUT2D eigenvalue weighted by Gasteiger charge is 2.35. The van der Waals surface area contributed by atoms with Gasteiger partial charge >= 0.3 is 12.1 Å². The van der Waals surface area contributed by atoms with Crippen molar-refractivity contribution in [3.05, 3.63) is 0 Å². The Hall–Kier alpha value is -1.30. The van der Waals surface area contributed by atoms with E-state index >= 15 is 0 Å². The summed E-state index contributed by atoms with van der Waals surface area (Å²) in [7, 11) is 0. The molecular weight excluding hydrogens is 238 g/mol. The zero-order chi connectivity index (χ0) is 14.4. The zero-order valence-electron chi connectivity index (χ0n) is 11.7. The van der Waals surface area contributed by atoms with Gasteiger partial charge in [0.25, 0.3) is 0 Å². The van der Waals surface area contributed by atoms with Crippen molar-refractivity contribution in [1.29, 1.82) is 0 Å². The number of carbonyl (C=O) groups is 2. The number of carbonyl (C=O) groups excluding carboxylic acids is 1. The standard InChI is InChI=1S/C12H23NO5/c1-6-12(7-2,9(14)15)8-17-13-10(16)18-11(3,4)5/h6-8H2,1-5H3,(H,13,16)(H,14,15). The fraction of sp³-hybridized carbons (Fsp3) is 0.833. The Kier molecular flexibility index (Phi) is 6.11. The van der Waals surface area contributed by atoms with Crippen LogP contribution in [0.4, 0.5) is 4.79 Å². The third-order valence-electron chi connectivity index (χ3n) is 2.71. The van der Waals surface area contributed by atoms with Gasteiger partial charge in [0.05, 0.1) is 12.0 Å². The molecular formula is C12H23NO5. The van der Waals surface area contributed by atoms with E-state index in [2.05, 4.69) is 5.48 Å². The molecule has 0 aliphatic rings. The van der Waals surface area contributed by atoms with Crippen LogP contribution in [0.3, 0.4) is 0 Å². The van der Waals surface area contributed by atoms with Gasteiger partial charge in [-0.25, -0.2) is 4.79 Å². The van der Waals surface area contributed by atoms with Crippen LogP contribution in [-0.4, -0.2) is 29.4 Å². The van der Waals surface area contributed by atoms with E-state index in [1.165, 1.54) is 0 Å². The van der Waals surface area contributed by atoms with E-state index in [-0.39, 0.29) is 6.61 Å². The summed E-state index contributed by atoms with van der Waals surface area (Å²) in [6.45, 7) is 8.64. The number of carboxylic acids is 1. The van der Waals surface area contributed by atoms with Crippen molar-refractivity contribution < 1.29 is 24.3 Å². The van der Waals surface area contributed by atoms with E-state index in [0.717, 1.165) is 0 Å². The first-order valence-corrected chi connectivity index (χ1v) is 6.01. The number of ether oxygens (including phenoxy) is 1. The minimum atomic E-state index is -0.977. The van der Waals surface area contributed by atoms with Crippen LogP contribution in [0.5, 0.6) is 0 Å². The second kappa shape index (κ2) is 6.58. The van der Waals surface area contributed by atoms with Crippen LogP contribution in [0.1, 0.15) is 47.5 Å². The minimum Gasteiger partial charge on any atom is -0.481 e. The monoisotopic (exact) mass is 261 g/mol. The number of aliphatic carboxylic acids is 1. The Balaban J connectivity index is 4.24. The average molecular weight is 261 g/mol. The lowest BCUT2D eigenvalue weighted by molar-refractivity contribution is -0.156. The maximum atomic E-state index is 11.3. The molecule has 0 heterocycles. The molecule has 6 heteroatoms. The van der Waals surface area contributed by atoms with E-state index in [9.17, 15) is 9.59 Å². The van der Waals surface area contributed by atoms with Gasteiger partial charge in [-0.3, -0.25) is 9.63 Å². The third-order valence-corrected chi connectivity index (χ3v) is 2.71. The Morgan fingerprint density at radius 2 is 1.67 bits per heavy atom. The number of nitrogens with one attached hydrogen (secondary N) is 1. The molecule has 0 spiro atoms. The summed E-state index contributed by atoms with van der Waals surface area (Å²) in [5, 5.41) is 9.15. The normalized spacial score (nSPS) is 12.1. The van der Waals surface area contributed by atoms with E-state index in [1.54, 1.807) is 34.6 Å². The predicted octanol–water partition coefficient (Wildman–Crippen LogP) is 2.33. The maximum absolute atomic E-state index is 11.3. The molecule has 6 nitrogen and oxygen atoms in total. The Labute approximate surface area is 108 Å². The minimum absolute atomic E-state index is 0.0887. The fourth-order valence-corrected chi connectivity index (χ4v) is 1.35. The summed E-state index contributed by atoms with van der Waals surface area (Å²) in [6.07, 6.45) is 0.123. The van der Waals surface area contributed by atoms with Gasteiger partial charge in [-0.1, -0.05) is 13.8 Å². The molecule has 0 atom stereocenters. The van der Waals surface area contributed by atoms with Crippen molar-refractivity contribution >= 4 is 12.1 Å². The van der Waals surface area contributed by atoms with Crippen LogP contribution in [0.15, 0.2) is 0 Å². The summed E-state index contributed by atoms with van der Waals surface area (Å²) in [4.78, 5) is 27.4. The third kappa shape index (κ3) is 5.35. The highest BCUT2D eigenvalue weighted by atomic mass is 16.7. The lowest BCUT2D eigenvalue weighted by atomic mass is 9.83. The second-order valence-corrected chi connectivity index (χ2v) is 5.19. The summed E-state index contributed by atoms with van der Waals surface area (Å²) in [5.41, 5.74) is 0.498. The number of hydrogen-bond donors (Lipinski definition) is 2. The molecule has 0 saturated heterocycles. The number of hydroxylamine groups is 1. The highest BCUT2D eigenvalue weighted by molar-refractivity contribution is 5.74. The molecule has 2 N–H and O–H groups in total. The number of amides is 1. The molecule has 0 saturated carbocycles. The Morgan fingerprint density at radius 3 is 2.00 bits per heavy atom. The number of hydrogen-bond acceptors (Lipinski definition) is 4. The first kappa shape index (κ1) is 16.7. The van der Waals surface area contributed by atoms with Gasteiger partial charge in [-0.15, -0.1) is 0 Å². The lowest BCUT2D eigenvalue weighted by Crippen LogP contribution is -2.39. The molecule has 0 unspecified atom stereocenters. The SMILES string of the molecule is CCC(CC)(CONC(=O)OC(C)(C)C)C(=O)O. The van der Waals surface area contributed by atoms with E-state index in [4.69, 9.17) is 14.7 Å². The average Bonchev–Trinajstić information content (AvgIpc) is 2.21. The second-order valence-electron chi connectivity index (χ2n) is 5.19. The highest BCUT2D eigenvalue weighted by Crippen LogP contribution is 2.26. The first-order valence-electron chi connectivity index (χ1n) is 6.01. The largest absolute Gasteiger partial charge is 0.481 e. The molecule has 0 aliphatic heterocycles. The topological polar surface area (TPSA) is 84.9 Å². The van der Waals surface area contributed by atoms with Gasteiger partial charge < -0.3 is 9.84 Å². The molecule has 0 fully saturated rings. The number of carboxylic acid groups (broad SMARTS) is 1. The number of rotatable bonds is 6. The van der Waals surface area contributed by atoms with Gasteiger partial charge in [0.1, 0.15) is 5.60 Å². The van der Waals surface area contributed by atoms with Crippen molar-refractivity contribution in [2.24, 2.45) is 5.41 Å². The molecule has 0 radical (unpaired) electrons. The van der Waals surface area contributed by atoms with Crippen LogP contribution >= 0.6 is 0 Å². The zero-order valence-corrected chi connectivity index (χ0v) is 11.7. The predicted molar refractivity (Wildman–Crippen MR) is 66.0 cm³/mol. The molecule has 0 aromatic carbocycles. The molecule has 0 aromatic rings. The van der Waals surface area contributed by atoms with Crippen molar-refractivity contribution in [3.8, 4) is 0 Å². The van der Waals surface area contributed by atoms with Crippen LogP contribution in [0, 0.1) is 5.41 Å². The molecule has 0 aliphatic carbocycles. The van der Waals surface area contributed by atoms with Gasteiger partial charge in [0.2, 0.25) is 0 Å². The molecule has 0 rings (SSSR count). The van der Waals surface area contributed by atoms with E-state index < -0.39 is 23.1 Å². The van der Waals surface area contributed by atoms with E-state index in [1.807, 2.05) is 0 Å². The summed E-state index contributed by atoms with van der Waals surface area (Å²) >= 11 is 0. The van der Waals surface area contributed by atoms with Gasteiger partial charge in [0, 0.05) is 0 Å². The van der Waals surface area contributed by atoms with Crippen LogP contribution in [0.2, 0.25) is 0 Å². The molecule has 18 heavy (non-hydrogen) atoms.